The lowest BCUT2D eigenvalue weighted by Crippen LogP contribution is -2.26. The molecule has 0 unspecified atom stereocenters. The van der Waals surface area contributed by atoms with Crippen LogP contribution < -0.4 is 11.1 Å². The van der Waals surface area contributed by atoms with E-state index < -0.39 is 0 Å². The number of para-hydroxylation sites is 2. The van der Waals surface area contributed by atoms with Crippen molar-refractivity contribution in [3.05, 3.63) is 52.2 Å². The zero-order valence-corrected chi connectivity index (χ0v) is 17.1. The molecule has 0 saturated carbocycles. The van der Waals surface area contributed by atoms with Gasteiger partial charge in [0.05, 0.1) is 17.2 Å². The summed E-state index contributed by atoms with van der Waals surface area (Å²) >= 11 is 1.56. The van der Waals surface area contributed by atoms with Crippen LogP contribution in [0.3, 0.4) is 0 Å². The lowest BCUT2D eigenvalue weighted by molar-refractivity contribution is 0.0954. The number of benzene rings is 1. The monoisotopic (exact) mass is 406 g/mol. The summed E-state index contributed by atoms with van der Waals surface area (Å²) < 4.78 is 1.49. The van der Waals surface area contributed by atoms with Crippen molar-refractivity contribution < 1.29 is 4.79 Å². The first-order valence-corrected chi connectivity index (χ1v) is 10.3. The quantitative estimate of drug-likeness (QED) is 0.475. The van der Waals surface area contributed by atoms with Crippen LogP contribution in [0.25, 0.3) is 22.2 Å². The number of anilines is 1. The summed E-state index contributed by atoms with van der Waals surface area (Å²) in [6, 6.07) is 11.4. The van der Waals surface area contributed by atoms with Gasteiger partial charge in [-0.15, -0.1) is 11.3 Å². The number of fused-ring (bicyclic) bond motifs is 2. The molecule has 0 saturated heterocycles. The molecule has 0 atom stereocenters. The molecule has 1 aromatic carbocycles. The number of carbonyl (C=O) groups is 1. The highest BCUT2D eigenvalue weighted by Gasteiger charge is 2.23. The molecular formula is C21H22N6OS. The summed E-state index contributed by atoms with van der Waals surface area (Å²) in [6.07, 6.45) is 2.59. The van der Waals surface area contributed by atoms with E-state index in [1.54, 1.807) is 17.6 Å². The van der Waals surface area contributed by atoms with Crippen molar-refractivity contribution >= 4 is 51.5 Å². The van der Waals surface area contributed by atoms with Gasteiger partial charge in [0.15, 0.2) is 5.65 Å². The third-order valence-electron chi connectivity index (χ3n) is 4.55. The van der Waals surface area contributed by atoms with E-state index in [1.165, 1.54) is 4.68 Å². The van der Waals surface area contributed by atoms with Crippen molar-refractivity contribution in [3.8, 4) is 0 Å². The minimum atomic E-state index is -0.261. The molecule has 29 heavy (non-hydrogen) atoms. The SMILES string of the molecule is CC(C)CCNC(=O)c1c(N)n(/N=C\c2cccs2)c2nc3ccccc3nc12. The molecule has 3 heterocycles. The topological polar surface area (TPSA) is 98.2 Å². The Labute approximate surface area is 172 Å². The molecule has 4 rings (SSSR count). The van der Waals surface area contributed by atoms with Gasteiger partial charge in [-0.1, -0.05) is 32.0 Å². The van der Waals surface area contributed by atoms with Crippen LogP contribution in [0.2, 0.25) is 0 Å². The highest BCUT2D eigenvalue weighted by Crippen LogP contribution is 2.28. The Kier molecular flexibility index (Phi) is 5.26. The second-order valence-electron chi connectivity index (χ2n) is 7.15. The molecule has 1 amide bonds. The van der Waals surface area contributed by atoms with Gasteiger partial charge >= 0.3 is 0 Å². The molecule has 3 aromatic heterocycles. The number of thiophene rings is 1. The van der Waals surface area contributed by atoms with E-state index in [2.05, 4.69) is 34.2 Å². The summed E-state index contributed by atoms with van der Waals surface area (Å²) in [6.45, 7) is 4.80. The van der Waals surface area contributed by atoms with E-state index in [-0.39, 0.29) is 11.7 Å². The zero-order valence-electron chi connectivity index (χ0n) is 16.3. The van der Waals surface area contributed by atoms with Crippen molar-refractivity contribution in [2.75, 3.05) is 12.3 Å². The first-order chi connectivity index (χ1) is 14.0. The minimum Gasteiger partial charge on any atom is -0.383 e. The Bertz CT molecular complexity index is 1190. The van der Waals surface area contributed by atoms with Crippen molar-refractivity contribution in [2.45, 2.75) is 20.3 Å². The van der Waals surface area contributed by atoms with Gasteiger partial charge in [0, 0.05) is 11.4 Å². The van der Waals surface area contributed by atoms with Gasteiger partial charge in [-0.2, -0.15) is 9.78 Å². The van der Waals surface area contributed by atoms with Gasteiger partial charge in [-0.3, -0.25) is 4.79 Å². The van der Waals surface area contributed by atoms with Crippen molar-refractivity contribution in [3.63, 3.8) is 0 Å². The molecule has 3 N–H and O–H groups in total. The molecule has 148 valence electrons. The summed E-state index contributed by atoms with van der Waals surface area (Å²) in [4.78, 5) is 23.2. The van der Waals surface area contributed by atoms with E-state index in [9.17, 15) is 4.79 Å². The van der Waals surface area contributed by atoms with E-state index in [1.807, 2.05) is 41.8 Å². The maximum Gasteiger partial charge on any atom is 0.257 e. The van der Waals surface area contributed by atoms with Gasteiger partial charge in [0.2, 0.25) is 0 Å². The van der Waals surface area contributed by atoms with Crippen LogP contribution in [-0.2, 0) is 0 Å². The van der Waals surface area contributed by atoms with E-state index >= 15 is 0 Å². The number of nitrogens with one attached hydrogen (secondary N) is 1. The lowest BCUT2D eigenvalue weighted by atomic mass is 10.1. The van der Waals surface area contributed by atoms with Crippen molar-refractivity contribution in [1.82, 2.24) is 20.0 Å². The fraction of sp³-hybridized carbons (Fsp3) is 0.238. The lowest BCUT2D eigenvalue weighted by Gasteiger charge is -2.07. The van der Waals surface area contributed by atoms with Crippen LogP contribution in [0.1, 0.15) is 35.5 Å². The van der Waals surface area contributed by atoms with Crippen LogP contribution in [0.15, 0.2) is 46.9 Å². The number of nitrogens with zero attached hydrogens (tertiary/aromatic N) is 4. The molecule has 0 aliphatic heterocycles. The smallest absolute Gasteiger partial charge is 0.257 e. The number of hydrogen-bond acceptors (Lipinski definition) is 6. The molecular weight excluding hydrogens is 384 g/mol. The highest BCUT2D eigenvalue weighted by molar-refractivity contribution is 7.11. The largest absolute Gasteiger partial charge is 0.383 e. The Morgan fingerprint density at radius 3 is 2.69 bits per heavy atom. The third-order valence-corrected chi connectivity index (χ3v) is 5.36. The van der Waals surface area contributed by atoms with Crippen LogP contribution in [0, 0.1) is 5.92 Å². The van der Waals surface area contributed by atoms with Crippen molar-refractivity contribution in [1.29, 1.82) is 0 Å². The minimum absolute atomic E-state index is 0.227. The molecule has 0 spiro atoms. The van der Waals surface area contributed by atoms with E-state index in [4.69, 9.17) is 5.73 Å². The van der Waals surface area contributed by atoms with Gasteiger partial charge in [-0.25, -0.2) is 9.97 Å². The van der Waals surface area contributed by atoms with Gasteiger partial charge in [0.1, 0.15) is 16.9 Å². The summed E-state index contributed by atoms with van der Waals surface area (Å²) in [7, 11) is 0. The fourth-order valence-corrected chi connectivity index (χ4v) is 3.61. The fourth-order valence-electron chi connectivity index (χ4n) is 3.03. The molecule has 0 aliphatic rings. The molecule has 0 aliphatic carbocycles. The van der Waals surface area contributed by atoms with Crippen LogP contribution in [0.5, 0.6) is 0 Å². The zero-order chi connectivity index (χ0) is 20.4. The number of carbonyl (C=O) groups excluding carboxylic acids is 1. The van der Waals surface area contributed by atoms with Gasteiger partial charge < -0.3 is 11.1 Å². The van der Waals surface area contributed by atoms with Crippen LogP contribution in [0.4, 0.5) is 5.82 Å². The molecule has 0 fully saturated rings. The van der Waals surface area contributed by atoms with Crippen molar-refractivity contribution in [2.24, 2.45) is 11.0 Å². The third kappa shape index (κ3) is 3.84. The molecule has 4 aromatic rings. The summed E-state index contributed by atoms with van der Waals surface area (Å²) in [5.41, 5.74) is 9.01. The maximum atomic E-state index is 12.9. The predicted molar refractivity (Wildman–Crippen MR) is 119 cm³/mol. The number of hydrogen-bond donors (Lipinski definition) is 2. The number of nitrogens with two attached hydrogens (primary N) is 1. The van der Waals surface area contributed by atoms with Crippen LogP contribution in [-0.4, -0.2) is 33.3 Å². The first-order valence-electron chi connectivity index (χ1n) is 9.47. The second-order valence-corrected chi connectivity index (χ2v) is 8.13. The normalized spacial score (nSPS) is 11.8. The number of aromatic nitrogens is 3. The Morgan fingerprint density at radius 1 is 1.24 bits per heavy atom. The first kappa shape index (κ1) is 19.1. The second kappa shape index (κ2) is 8.00. The number of nitrogen functional groups attached to an aromatic ring is 1. The van der Waals surface area contributed by atoms with E-state index in [0.717, 1.165) is 16.8 Å². The highest BCUT2D eigenvalue weighted by atomic mass is 32.1. The molecule has 8 heteroatoms. The van der Waals surface area contributed by atoms with E-state index in [0.29, 0.717) is 34.7 Å². The number of amides is 1. The standard InChI is InChI=1S/C21H22N6OS/c1-13(2)9-10-23-21(28)17-18-20(26-16-8-4-3-7-15(16)25-18)27(19(17)22)24-12-14-6-5-11-29-14/h3-8,11-13H,9-10,22H2,1-2H3,(H,23,28)/b24-12-. The average Bonchev–Trinajstić information content (AvgIpc) is 3.30. The molecule has 0 bridgehead atoms. The van der Waals surface area contributed by atoms with Crippen LogP contribution >= 0.6 is 11.3 Å². The Balaban J connectivity index is 1.84. The Morgan fingerprint density at radius 2 is 2.00 bits per heavy atom. The summed E-state index contributed by atoms with van der Waals surface area (Å²) in [5.74, 6) is 0.459. The molecule has 7 nitrogen and oxygen atoms in total. The predicted octanol–water partition coefficient (Wildman–Crippen LogP) is 3.89. The Hall–Kier alpha value is -3.26. The maximum absolute atomic E-state index is 12.9. The van der Waals surface area contributed by atoms with Gasteiger partial charge in [0.25, 0.3) is 5.91 Å². The summed E-state index contributed by atoms with van der Waals surface area (Å²) in [5, 5.41) is 9.41. The average molecular weight is 407 g/mol. The molecule has 0 radical (unpaired) electrons. The number of rotatable bonds is 6. The van der Waals surface area contributed by atoms with Gasteiger partial charge in [-0.05, 0) is 35.9 Å².